The van der Waals surface area contributed by atoms with Gasteiger partial charge in [-0.15, -0.1) is 16.4 Å². The molecule has 11 heteroatoms. The third kappa shape index (κ3) is 5.65. The first kappa shape index (κ1) is 35.4. The molecule has 1 aromatic heterocycles. The van der Waals surface area contributed by atoms with Crippen molar-refractivity contribution in [3.05, 3.63) is 120 Å². The Kier molecular flexibility index (Phi) is 8.71. The first-order valence-electron chi connectivity index (χ1n) is 19.3. The van der Waals surface area contributed by atoms with Crippen LogP contribution in [0.5, 0.6) is 0 Å². The minimum atomic E-state index is -0.132. The molecule has 1 aliphatic carbocycles. The number of aromatic nitrogens is 2. The summed E-state index contributed by atoms with van der Waals surface area (Å²) in [6.07, 6.45) is 6.61. The molecular formula is C42H43B9N2. The molecule has 0 radical (unpaired) electrons. The molecule has 0 bridgehead atoms. The van der Waals surface area contributed by atoms with Crippen molar-refractivity contribution < 1.29 is 0 Å². The van der Waals surface area contributed by atoms with Crippen LogP contribution in [-0.4, -0.2) is 80.2 Å². The Morgan fingerprint density at radius 3 is 1.42 bits per heavy atom. The molecule has 0 N–H and O–H groups in total. The Bertz CT molecular complexity index is 2530. The minimum Gasteiger partial charge on any atom is -0.297 e. The SMILES string of the molecule is Bc1c(B)c(B)c(-c2ccc(-c3c4ccccc4c(-c4ccc(-n5c(C(B)(B)C(B)(B)C)nc6c5C=CCC6)cc4)c4ccccc34)cc2)c(B)c1B. The average molecular weight is 673 g/mol. The maximum absolute atomic E-state index is 5.32. The van der Waals surface area contributed by atoms with E-state index >= 15 is 0 Å². The van der Waals surface area contributed by atoms with Crippen LogP contribution in [0, 0.1) is 0 Å². The minimum absolute atomic E-state index is 0.0406. The van der Waals surface area contributed by atoms with Gasteiger partial charge in [0.2, 0.25) is 0 Å². The zero-order valence-electron chi connectivity index (χ0n) is 33.2. The average Bonchev–Trinajstić information content (AvgIpc) is 3.56. The van der Waals surface area contributed by atoms with Crippen molar-refractivity contribution in [3.8, 4) is 39.1 Å². The first-order chi connectivity index (χ1) is 25.3. The van der Waals surface area contributed by atoms with Crippen molar-refractivity contribution >= 4 is 126 Å². The van der Waals surface area contributed by atoms with Crippen LogP contribution in [-0.2, 0) is 11.6 Å². The normalized spacial score (nSPS) is 13.1. The maximum Gasteiger partial charge on any atom is 0.139 e. The molecule has 0 spiro atoms. The van der Waals surface area contributed by atoms with Crippen molar-refractivity contribution in [2.45, 2.75) is 30.2 Å². The highest BCUT2D eigenvalue weighted by molar-refractivity contribution is 6.68. The van der Waals surface area contributed by atoms with E-state index in [9.17, 15) is 0 Å². The number of rotatable bonds is 6. The van der Waals surface area contributed by atoms with Gasteiger partial charge in [-0.2, -0.15) is 0 Å². The van der Waals surface area contributed by atoms with Crippen molar-refractivity contribution in [2.24, 2.45) is 0 Å². The van der Waals surface area contributed by atoms with E-state index in [0.29, 0.717) is 0 Å². The number of nitrogens with zero attached hydrogens (tertiary/aromatic N) is 2. The third-order valence-corrected chi connectivity index (χ3v) is 13.1. The number of hydrogen-bond donors (Lipinski definition) is 0. The molecule has 0 saturated heterocycles. The van der Waals surface area contributed by atoms with E-state index in [0.717, 1.165) is 24.4 Å². The number of benzene rings is 6. The highest BCUT2D eigenvalue weighted by atomic mass is 15.1. The monoisotopic (exact) mass is 674 g/mol. The summed E-state index contributed by atoms with van der Waals surface area (Å²) in [4.78, 5) is 5.32. The van der Waals surface area contributed by atoms with E-state index in [1.165, 1.54) is 93.6 Å². The molecule has 1 aliphatic rings. The van der Waals surface area contributed by atoms with E-state index in [1.807, 2.05) is 0 Å². The third-order valence-electron chi connectivity index (χ3n) is 13.1. The van der Waals surface area contributed by atoms with Crippen LogP contribution in [0.15, 0.2) is 103 Å². The molecule has 53 heavy (non-hydrogen) atoms. The van der Waals surface area contributed by atoms with E-state index in [-0.39, 0.29) is 10.4 Å². The Hall–Kier alpha value is -4.63. The summed E-state index contributed by atoms with van der Waals surface area (Å²) in [7, 11) is 20.7. The number of imidazole rings is 1. The fraction of sp³-hybridized carbons (Fsp3) is 0.119. The second kappa shape index (κ2) is 13.0. The van der Waals surface area contributed by atoms with Gasteiger partial charge in [-0.25, -0.2) is 4.98 Å². The van der Waals surface area contributed by atoms with Gasteiger partial charge in [0.1, 0.15) is 60.7 Å². The summed E-state index contributed by atoms with van der Waals surface area (Å²) >= 11 is 0. The quantitative estimate of drug-likeness (QED) is 0.152. The Morgan fingerprint density at radius 2 is 0.962 bits per heavy atom. The number of fused-ring (bicyclic) bond motifs is 3. The first-order valence-corrected chi connectivity index (χ1v) is 19.3. The van der Waals surface area contributed by atoms with Crippen LogP contribution in [0.25, 0.3) is 66.7 Å². The van der Waals surface area contributed by atoms with Crippen molar-refractivity contribution in [2.75, 3.05) is 0 Å². The highest BCUT2D eigenvalue weighted by Crippen LogP contribution is 2.45. The summed E-state index contributed by atoms with van der Waals surface area (Å²) in [5, 5.41) is 5.00. The van der Waals surface area contributed by atoms with E-state index in [4.69, 9.17) is 4.98 Å². The largest absolute Gasteiger partial charge is 0.297 e. The molecule has 0 unspecified atom stereocenters. The molecule has 2 nitrogen and oxygen atoms in total. The molecule has 8 rings (SSSR count). The van der Waals surface area contributed by atoms with Gasteiger partial charge >= 0.3 is 0 Å². The van der Waals surface area contributed by atoms with Crippen molar-refractivity contribution in [3.63, 3.8) is 0 Å². The standard InChI is InChI=1S/C42H43B9N2/c1-41(48,49)42(50,51)40-52-30-12-6-7-13-31(30)53(40)25-20-18-23(19-21-25)33-28-10-4-2-8-26(28)32(27-9-3-5-11-29(27)33)22-14-16-24(17-15-22)34-35(43)37(45)39(47)38(46)36(34)44/h2-5,7-11,13-21H,6,12,43-51H2,1H3. The lowest BCUT2D eigenvalue weighted by Crippen LogP contribution is -2.55. The molecule has 248 valence electrons. The van der Waals surface area contributed by atoms with Gasteiger partial charge in [-0.05, 0) is 91.2 Å². The van der Waals surface area contributed by atoms with Gasteiger partial charge in [0.05, 0.1) is 27.1 Å². The predicted molar refractivity (Wildman–Crippen MR) is 257 cm³/mol. The number of aryl methyl sites for hydroxylation is 1. The molecule has 0 saturated carbocycles. The summed E-state index contributed by atoms with van der Waals surface area (Å²) in [5.74, 6) is 1.14. The van der Waals surface area contributed by atoms with Gasteiger partial charge in [0.25, 0.3) is 0 Å². The van der Waals surface area contributed by atoms with E-state index in [2.05, 4.69) is 191 Å². The topological polar surface area (TPSA) is 17.8 Å². The van der Waals surface area contributed by atoms with Gasteiger partial charge in [0.15, 0.2) is 0 Å². The number of hydrogen-bond acceptors (Lipinski definition) is 1. The summed E-state index contributed by atoms with van der Waals surface area (Å²) in [5.41, 5.74) is 18.2. The predicted octanol–water partition coefficient (Wildman–Crippen LogP) is -1.75. The highest BCUT2D eigenvalue weighted by Gasteiger charge is 2.39. The van der Waals surface area contributed by atoms with Crippen molar-refractivity contribution in [1.29, 1.82) is 0 Å². The molecule has 0 aliphatic heterocycles. The molecule has 7 aromatic rings. The van der Waals surface area contributed by atoms with Crippen LogP contribution in [0.3, 0.4) is 0 Å². The lowest BCUT2D eigenvalue weighted by Gasteiger charge is -2.39. The summed E-state index contributed by atoms with van der Waals surface area (Å²) in [6.45, 7) is 2.33. The second-order valence-corrected chi connectivity index (χ2v) is 16.9. The van der Waals surface area contributed by atoms with Crippen molar-refractivity contribution in [1.82, 2.24) is 9.55 Å². The van der Waals surface area contributed by atoms with E-state index in [1.54, 1.807) is 0 Å². The maximum atomic E-state index is 5.32. The number of allylic oxidation sites excluding steroid dienone is 1. The summed E-state index contributed by atoms with van der Waals surface area (Å²) < 4.78 is 2.42. The van der Waals surface area contributed by atoms with Crippen LogP contribution in [0.2, 0.25) is 5.21 Å². The van der Waals surface area contributed by atoms with Gasteiger partial charge in [0, 0.05) is 5.69 Å². The molecule has 0 atom stereocenters. The fourth-order valence-electron chi connectivity index (χ4n) is 8.53. The van der Waals surface area contributed by atoms with E-state index < -0.39 is 0 Å². The molecular weight excluding hydrogens is 630 g/mol. The molecule has 0 amide bonds. The van der Waals surface area contributed by atoms with Crippen LogP contribution < -0.4 is 27.3 Å². The Labute approximate surface area is 323 Å². The van der Waals surface area contributed by atoms with Crippen LogP contribution in [0.4, 0.5) is 0 Å². The molecule has 0 fully saturated rings. The fourth-order valence-corrected chi connectivity index (χ4v) is 8.53. The van der Waals surface area contributed by atoms with Gasteiger partial charge in [-0.1, -0.05) is 114 Å². The smallest absolute Gasteiger partial charge is 0.139 e. The molecule has 1 heterocycles. The lowest BCUT2D eigenvalue weighted by molar-refractivity contribution is 0.664. The van der Waals surface area contributed by atoms with Crippen LogP contribution >= 0.6 is 0 Å². The zero-order valence-corrected chi connectivity index (χ0v) is 33.2. The van der Waals surface area contributed by atoms with Crippen LogP contribution in [0.1, 0.15) is 30.6 Å². The molecule has 6 aromatic carbocycles. The second-order valence-electron chi connectivity index (χ2n) is 16.9. The zero-order chi connectivity index (χ0) is 37.4. The Morgan fingerprint density at radius 1 is 0.547 bits per heavy atom. The lowest BCUT2D eigenvalue weighted by atomic mass is 9.30. The summed E-state index contributed by atoms with van der Waals surface area (Å²) in [6, 6.07) is 36.5. The van der Waals surface area contributed by atoms with Gasteiger partial charge in [-0.3, -0.25) is 4.57 Å². The Balaban J connectivity index is 1.28. The van der Waals surface area contributed by atoms with Gasteiger partial charge < -0.3 is 0 Å².